The number of nitrogens with one attached hydrogen (secondary N) is 2. The number of amides is 3. The van der Waals surface area contributed by atoms with Crippen molar-refractivity contribution >= 4 is 29.1 Å². The number of nitrogens with zero attached hydrogens (tertiary/aromatic N) is 1. The highest BCUT2D eigenvalue weighted by molar-refractivity contribution is 7.12. The van der Waals surface area contributed by atoms with E-state index >= 15 is 0 Å². The van der Waals surface area contributed by atoms with Crippen molar-refractivity contribution in [1.82, 2.24) is 15.5 Å². The first-order chi connectivity index (χ1) is 16.6. The lowest BCUT2D eigenvalue weighted by Crippen LogP contribution is -2.49. The second kappa shape index (κ2) is 11.7. The molecule has 2 aromatic heterocycles. The van der Waals surface area contributed by atoms with E-state index in [0.29, 0.717) is 10.6 Å². The first-order valence-corrected chi connectivity index (χ1v) is 12.5. The summed E-state index contributed by atoms with van der Waals surface area (Å²) >= 11 is 1.31. The Bertz CT molecular complexity index is 1060. The van der Waals surface area contributed by atoms with E-state index in [1.54, 1.807) is 29.6 Å². The molecule has 0 bridgehead atoms. The Morgan fingerprint density at radius 2 is 1.79 bits per heavy atom. The number of hydrogen-bond acceptors (Lipinski definition) is 5. The molecule has 2 heterocycles. The molecule has 1 unspecified atom stereocenters. The van der Waals surface area contributed by atoms with Crippen molar-refractivity contribution in [2.24, 2.45) is 0 Å². The van der Waals surface area contributed by atoms with Gasteiger partial charge in [-0.2, -0.15) is 0 Å². The zero-order chi connectivity index (χ0) is 23.8. The molecule has 0 saturated heterocycles. The molecule has 1 saturated carbocycles. The maximum atomic E-state index is 13.5. The summed E-state index contributed by atoms with van der Waals surface area (Å²) < 4.78 is 5.62. The van der Waals surface area contributed by atoms with Crippen molar-refractivity contribution in [3.63, 3.8) is 0 Å². The number of rotatable bonds is 9. The molecule has 4 rings (SSSR count). The number of carbonyl (C=O) groups is 3. The lowest BCUT2D eigenvalue weighted by Gasteiger charge is -2.32. The summed E-state index contributed by atoms with van der Waals surface area (Å²) in [5, 5.41) is 7.63. The van der Waals surface area contributed by atoms with Crippen LogP contribution in [0.25, 0.3) is 0 Å². The van der Waals surface area contributed by atoms with Crippen molar-refractivity contribution < 1.29 is 18.8 Å². The van der Waals surface area contributed by atoms with Crippen LogP contribution in [0.4, 0.5) is 0 Å². The van der Waals surface area contributed by atoms with Gasteiger partial charge in [0.15, 0.2) is 6.04 Å². The third-order valence-electron chi connectivity index (χ3n) is 5.99. The Morgan fingerprint density at radius 3 is 2.47 bits per heavy atom. The summed E-state index contributed by atoms with van der Waals surface area (Å²) in [6.07, 6.45) is 6.70. The lowest BCUT2D eigenvalue weighted by atomic mass is 9.95. The molecule has 1 aliphatic carbocycles. The van der Waals surface area contributed by atoms with Crippen LogP contribution in [0.1, 0.15) is 59.1 Å². The molecular weight excluding hydrogens is 450 g/mol. The Kier molecular flexibility index (Phi) is 8.14. The van der Waals surface area contributed by atoms with Gasteiger partial charge in [0.25, 0.3) is 11.8 Å². The molecule has 1 aliphatic rings. The molecule has 34 heavy (non-hydrogen) atoms. The lowest BCUT2D eigenvalue weighted by molar-refractivity contribution is -0.142. The average molecular weight is 480 g/mol. The quantitative estimate of drug-likeness (QED) is 0.479. The molecule has 0 radical (unpaired) electrons. The number of carbonyl (C=O) groups excluding carboxylic acids is 3. The number of hydrogen-bond donors (Lipinski definition) is 2. The van der Waals surface area contributed by atoms with E-state index in [1.807, 2.05) is 30.3 Å². The van der Waals surface area contributed by atoms with Crippen LogP contribution in [0.15, 0.2) is 70.7 Å². The predicted molar refractivity (Wildman–Crippen MR) is 130 cm³/mol. The fourth-order valence-corrected chi connectivity index (χ4v) is 4.89. The van der Waals surface area contributed by atoms with Crippen LogP contribution < -0.4 is 10.6 Å². The molecule has 1 aromatic carbocycles. The fourth-order valence-electron chi connectivity index (χ4n) is 4.25. The zero-order valence-electron chi connectivity index (χ0n) is 18.9. The minimum atomic E-state index is -0.941. The van der Waals surface area contributed by atoms with Crippen LogP contribution in [0.5, 0.6) is 0 Å². The highest BCUT2D eigenvalue weighted by Gasteiger charge is 2.35. The minimum Gasteiger partial charge on any atom is -0.467 e. The van der Waals surface area contributed by atoms with Crippen LogP contribution in [-0.2, 0) is 16.1 Å². The van der Waals surface area contributed by atoms with Crippen LogP contribution >= 0.6 is 11.3 Å². The largest absolute Gasteiger partial charge is 0.467 e. The van der Waals surface area contributed by atoms with E-state index in [-0.39, 0.29) is 36.9 Å². The van der Waals surface area contributed by atoms with Crippen LogP contribution in [0.2, 0.25) is 0 Å². The number of furan rings is 1. The van der Waals surface area contributed by atoms with Crippen molar-refractivity contribution in [2.45, 2.75) is 50.7 Å². The normalized spacial score (nSPS) is 14.8. The first kappa shape index (κ1) is 23.8. The van der Waals surface area contributed by atoms with E-state index < -0.39 is 6.04 Å². The summed E-state index contributed by atoms with van der Waals surface area (Å²) in [6, 6.07) is 15.5. The molecule has 3 amide bonds. The molecule has 178 valence electrons. The third kappa shape index (κ3) is 6.14. The van der Waals surface area contributed by atoms with E-state index in [1.165, 1.54) is 28.9 Å². The van der Waals surface area contributed by atoms with Gasteiger partial charge in [-0.1, -0.05) is 55.7 Å². The number of benzene rings is 1. The molecule has 3 aromatic rings. The summed E-state index contributed by atoms with van der Waals surface area (Å²) in [7, 11) is 0. The maximum Gasteiger partial charge on any atom is 0.261 e. The first-order valence-electron chi connectivity index (χ1n) is 11.6. The smallest absolute Gasteiger partial charge is 0.261 e. The molecule has 8 heteroatoms. The van der Waals surface area contributed by atoms with Crippen LogP contribution in [0.3, 0.4) is 0 Å². The second-order valence-corrected chi connectivity index (χ2v) is 9.38. The molecular formula is C26H29N3O4S. The Labute approximate surface area is 203 Å². The Balaban J connectivity index is 1.57. The summed E-state index contributed by atoms with van der Waals surface area (Å²) in [6.45, 7) is -0.0184. The van der Waals surface area contributed by atoms with Gasteiger partial charge < -0.3 is 20.0 Å². The number of thiophene rings is 1. The van der Waals surface area contributed by atoms with Gasteiger partial charge in [-0.25, -0.2) is 0 Å². The maximum absolute atomic E-state index is 13.5. The van der Waals surface area contributed by atoms with Gasteiger partial charge in [0.1, 0.15) is 5.76 Å². The topological polar surface area (TPSA) is 91.7 Å². The molecule has 0 aliphatic heterocycles. The zero-order valence-corrected chi connectivity index (χ0v) is 19.8. The SMILES string of the molecule is O=C(NCC(=O)N(Cc1ccccc1)C(C(=O)NC1CCCCC1)c1ccco1)c1cccs1. The highest BCUT2D eigenvalue weighted by Crippen LogP contribution is 2.26. The molecule has 7 nitrogen and oxygen atoms in total. The highest BCUT2D eigenvalue weighted by atomic mass is 32.1. The third-order valence-corrected chi connectivity index (χ3v) is 6.85. The van der Waals surface area contributed by atoms with Crippen LogP contribution in [0, 0.1) is 0 Å². The van der Waals surface area contributed by atoms with Gasteiger partial charge in [-0.3, -0.25) is 14.4 Å². The minimum absolute atomic E-state index is 0.0888. The van der Waals surface area contributed by atoms with Crippen LogP contribution in [-0.4, -0.2) is 35.2 Å². The van der Waals surface area contributed by atoms with Gasteiger partial charge in [0.05, 0.1) is 17.7 Å². The van der Waals surface area contributed by atoms with Crippen molar-refractivity contribution in [3.8, 4) is 0 Å². The Morgan fingerprint density at radius 1 is 1.00 bits per heavy atom. The molecule has 0 spiro atoms. The van der Waals surface area contributed by atoms with E-state index in [2.05, 4.69) is 10.6 Å². The standard InChI is InChI=1S/C26H29N3O4S/c30-23(17-27-25(31)22-14-8-16-34-22)29(18-19-9-3-1-4-10-19)24(21-13-7-15-33-21)26(32)28-20-11-5-2-6-12-20/h1,3-4,7-10,13-16,20,24H,2,5-6,11-12,17-18H2,(H,27,31)(H,28,32). The van der Waals surface area contributed by atoms with Gasteiger partial charge in [-0.15, -0.1) is 11.3 Å². The van der Waals surface area contributed by atoms with Gasteiger partial charge in [-0.05, 0) is 42.0 Å². The van der Waals surface area contributed by atoms with Gasteiger partial charge in [0.2, 0.25) is 5.91 Å². The van der Waals surface area contributed by atoms with E-state index in [4.69, 9.17) is 4.42 Å². The predicted octanol–water partition coefficient (Wildman–Crippen LogP) is 4.29. The van der Waals surface area contributed by atoms with Crippen molar-refractivity contribution in [2.75, 3.05) is 6.54 Å². The van der Waals surface area contributed by atoms with Gasteiger partial charge >= 0.3 is 0 Å². The van der Waals surface area contributed by atoms with Crippen molar-refractivity contribution in [3.05, 3.63) is 82.4 Å². The average Bonchev–Trinajstić information content (AvgIpc) is 3.58. The summed E-state index contributed by atoms with van der Waals surface area (Å²) in [4.78, 5) is 41.4. The van der Waals surface area contributed by atoms with Crippen molar-refractivity contribution in [1.29, 1.82) is 0 Å². The summed E-state index contributed by atoms with van der Waals surface area (Å²) in [5.74, 6) is -0.559. The van der Waals surface area contributed by atoms with Gasteiger partial charge in [0, 0.05) is 12.6 Å². The van der Waals surface area contributed by atoms with E-state index in [0.717, 1.165) is 31.2 Å². The summed E-state index contributed by atoms with van der Waals surface area (Å²) in [5.41, 5.74) is 0.877. The molecule has 1 fully saturated rings. The fraction of sp³-hybridized carbons (Fsp3) is 0.346. The Hall–Kier alpha value is -3.39. The monoisotopic (exact) mass is 479 g/mol. The molecule has 1 atom stereocenters. The molecule has 2 N–H and O–H groups in total. The van der Waals surface area contributed by atoms with E-state index in [9.17, 15) is 14.4 Å². The second-order valence-electron chi connectivity index (χ2n) is 8.43.